The van der Waals surface area contributed by atoms with Gasteiger partial charge in [0.05, 0.1) is 0 Å². The predicted octanol–water partition coefficient (Wildman–Crippen LogP) is 1.24. The highest BCUT2D eigenvalue weighted by Crippen LogP contribution is 2.32. The first-order valence-electron chi connectivity index (χ1n) is 8.05. The monoisotopic (exact) mass is 279 g/mol. The zero-order valence-electron chi connectivity index (χ0n) is 12.1. The average Bonchev–Trinajstić information content (AvgIpc) is 3.06. The van der Waals surface area contributed by atoms with Crippen LogP contribution in [0, 0.1) is 5.92 Å². The lowest BCUT2D eigenvalue weighted by molar-refractivity contribution is -0.126. The average molecular weight is 279 g/mol. The van der Waals surface area contributed by atoms with Crippen LogP contribution in [-0.2, 0) is 4.79 Å². The summed E-state index contributed by atoms with van der Waals surface area (Å²) in [6, 6.07) is 0.503. The number of nitrogens with zero attached hydrogens (tertiary/aromatic N) is 2. The number of carbonyl (C=O) groups excluding carboxylic acids is 2. The Balaban J connectivity index is 1.55. The van der Waals surface area contributed by atoms with Crippen LogP contribution in [0.2, 0.25) is 0 Å². The molecule has 20 heavy (non-hydrogen) atoms. The molecule has 3 rings (SSSR count). The molecule has 2 atom stereocenters. The van der Waals surface area contributed by atoms with Crippen molar-refractivity contribution in [1.82, 2.24) is 15.1 Å². The maximum atomic E-state index is 12.1. The maximum Gasteiger partial charge on any atom is 0.317 e. The second-order valence-corrected chi connectivity index (χ2v) is 6.28. The molecule has 0 bridgehead atoms. The molecule has 3 fully saturated rings. The van der Waals surface area contributed by atoms with Crippen LogP contribution in [-0.4, -0.2) is 60.4 Å². The van der Waals surface area contributed by atoms with E-state index in [2.05, 4.69) is 10.2 Å². The maximum absolute atomic E-state index is 12.1. The molecule has 2 amide bonds. The normalized spacial score (nSPS) is 31.9. The minimum absolute atomic E-state index is 0.0643. The Morgan fingerprint density at radius 3 is 2.70 bits per heavy atom. The molecule has 112 valence electrons. The van der Waals surface area contributed by atoms with Gasteiger partial charge in [-0.25, -0.2) is 4.79 Å². The van der Waals surface area contributed by atoms with Crippen molar-refractivity contribution in [2.45, 2.75) is 44.6 Å². The van der Waals surface area contributed by atoms with Crippen molar-refractivity contribution < 1.29 is 9.59 Å². The number of urea groups is 1. The quantitative estimate of drug-likeness (QED) is 0.842. The van der Waals surface area contributed by atoms with Gasteiger partial charge < -0.3 is 10.2 Å². The Bertz CT molecular complexity index is 385. The van der Waals surface area contributed by atoms with Crippen LogP contribution >= 0.6 is 0 Å². The van der Waals surface area contributed by atoms with Crippen LogP contribution in [0.3, 0.4) is 0 Å². The Morgan fingerprint density at radius 1 is 1.05 bits per heavy atom. The van der Waals surface area contributed by atoms with Crippen molar-refractivity contribution in [1.29, 1.82) is 0 Å². The molecular formula is C15H25N3O2. The van der Waals surface area contributed by atoms with Gasteiger partial charge in [-0.05, 0) is 32.2 Å². The third kappa shape index (κ3) is 2.82. The minimum Gasteiger partial charge on any atom is -0.336 e. The van der Waals surface area contributed by atoms with Gasteiger partial charge >= 0.3 is 6.03 Å². The molecule has 1 N–H and O–H groups in total. The Hall–Kier alpha value is -1.10. The summed E-state index contributed by atoms with van der Waals surface area (Å²) in [5.41, 5.74) is 0. The highest BCUT2D eigenvalue weighted by atomic mass is 16.2. The summed E-state index contributed by atoms with van der Waals surface area (Å²) in [4.78, 5) is 28.0. The molecule has 1 aliphatic carbocycles. The number of nitrogens with one attached hydrogen (secondary N) is 1. The highest BCUT2D eigenvalue weighted by Gasteiger charge is 2.36. The lowest BCUT2D eigenvalue weighted by Gasteiger charge is -2.33. The number of ketones is 1. The van der Waals surface area contributed by atoms with E-state index >= 15 is 0 Å². The molecular weight excluding hydrogens is 254 g/mol. The summed E-state index contributed by atoms with van der Waals surface area (Å²) in [5.74, 6) is 0.741. The van der Waals surface area contributed by atoms with Crippen molar-refractivity contribution in [2.75, 3.05) is 32.7 Å². The van der Waals surface area contributed by atoms with Gasteiger partial charge in [0.25, 0.3) is 0 Å². The number of amides is 2. The molecule has 5 nitrogen and oxygen atoms in total. The first-order valence-corrected chi connectivity index (χ1v) is 8.05. The van der Waals surface area contributed by atoms with Gasteiger partial charge in [0, 0.05) is 44.6 Å². The van der Waals surface area contributed by atoms with Crippen molar-refractivity contribution in [3.8, 4) is 0 Å². The van der Waals surface area contributed by atoms with Gasteiger partial charge in [-0.15, -0.1) is 0 Å². The molecule has 2 saturated heterocycles. The lowest BCUT2D eigenvalue weighted by Crippen LogP contribution is -2.44. The van der Waals surface area contributed by atoms with Gasteiger partial charge in [-0.3, -0.25) is 9.69 Å². The first-order chi connectivity index (χ1) is 9.75. The van der Waals surface area contributed by atoms with E-state index in [-0.39, 0.29) is 11.9 Å². The Kier molecular flexibility index (Phi) is 4.24. The lowest BCUT2D eigenvalue weighted by atomic mass is 9.82. The fraction of sp³-hybridized carbons (Fsp3) is 0.867. The molecule has 1 saturated carbocycles. The largest absolute Gasteiger partial charge is 0.336 e. The van der Waals surface area contributed by atoms with E-state index in [4.69, 9.17) is 0 Å². The van der Waals surface area contributed by atoms with E-state index in [1.165, 1.54) is 12.8 Å². The van der Waals surface area contributed by atoms with Crippen LogP contribution in [0.4, 0.5) is 4.79 Å². The predicted molar refractivity (Wildman–Crippen MR) is 76.5 cm³/mol. The zero-order valence-corrected chi connectivity index (χ0v) is 12.1. The summed E-state index contributed by atoms with van der Waals surface area (Å²) < 4.78 is 0. The molecule has 2 heterocycles. The second-order valence-electron chi connectivity index (χ2n) is 6.28. The zero-order chi connectivity index (χ0) is 13.9. The van der Waals surface area contributed by atoms with E-state index in [0.29, 0.717) is 11.8 Å². The molecule has 0 spiro atoms. The molecule has 0 aromatic carbocycles. The molecule has 2 unspecified atom stereocenters. The number of carbonyl (C=O) groups is 2. The molecule has 0 aromatic heterocycles. The van der Waals surface area contributed by atoms with Crippen LogP contribution in [0.1, 0.15) is 38.5 Å². The van der Waals surface area contributed by atoms with Gasteiger partial charge in [-0.2, -0.15) is 0 Å². The summed E-state index contributed by atoms with van der Waals surface area (Å²) >= 11 is 0. The first kappa shape index (κ1) is 13.9. The number of rotatable bonds is 4. The van der Waals surface area contributed by atoms with Crippen LogP contribution in [0.15, 0.2) is 0 Å². The summed E-state index contributed by atoms with van der Waals surface area (Å²) in [6.07, 6.45) is 6.49. The third-order valence-electron chi connectivity index (χ3n) is 5.08. The standard InChI is InChI=1S/C15H25N3O2/c19-14-6-2-1-4-12(14)13-5-3-8-17(13)10-11-18-9-7-16-15(18)20/h12-13H,1-11H2,(H,16,20). The van der Waals surface area contributed by atoms with Crippen LogP contribution in [0.25, 0.3) is 0 Å². The van der Waals surface area contributed by atoms with E-state index in [1.54, 1.807) is 0 Å². The van der Waals surface area contributed by atoms with Crippen molar-refractivity contribution in [2.24, 2.45) is 5.92 Å². The number of likely N-dealkylation sites (tertiary alicyclic amines) is 1. The molecule has 2 aliphatic heterocycles. The van der Waals surface area contributed by atoms with E-state index < -0.39 is 0 Å². The Labute approximate surface area is 120 Å². The van der Waals surface area contributed by atoms with Crippen molar-refractivity contribution in [3.05, 3.63) is 0 Å². The van der Waals surface area contributed by atoms with E-state index in [0.717, 1.165) is 58.4 Å². The van der Waals surface area contributed by atoms with Gasteiger partial charge in [0.2, 0.25) is 0 Å². The molecule has 0 aromatic rings. The van der Waals surface area contributed by atoms with Crippen LogP contribution in [0.5, 0.6) is 0 Å². The summed E-state index contributed by atoms with van der Waals surface area (Å²) in [5, 5.41) is 2.84. The molecule has 5 heteroatoms. The van der Waals surface area contributed by atoms with Gasteiger partial charge in [0.1, 0.15) is 5.78 Å². The topological polar surface area (TPSA) is 52.7 Å². The second kappa shape index (κ2) is 6.12. The summed E-state index contributed by atoms with van der Waals surface area (Å²) in [7, 11) is 0. The SMILES string of the molecule is O=C1CCCCC1C1CCCN1CCN1CCNC1=O. The summed E-state index contributed by atoms with van der Waals surface area (Å²) in [6.45, 7) is 4.39. The number of hydrogen-bond acceptors (Lipinski definition) is 3. The molecule has 3 aliphatic rings. The van der Waals surface area contributed by atoms with Crippen molar-refractivity contribution in [3.63, 3.8) is 0 Å². The fourth-order valence-electron chi connectivity index (χ4n) is 3.98. The van der Waals surface area contributed by atoms with Crippen molar-refractivity contribution >= 4 is 11.8 Å². The van der Waals surface area contributed by atoms with Gasteiger partial charge in [-0.1, -0.05) is 6.42 Å². The van der Waals surface area contributed by atoms with E-state index in [9.17, 15) is 9.59 Å². The van der Waals surface area contributed by atoms with Crippen LogP contribution < -0.4 is 5.32 Å². The minimum atomic E-state index is 0.0643. The molecule has 0 radical (unpaired) electrons. The van der Waals surface area contributed by atoms with E-state index in [1.807, 2.05) is 4.90 Å². The number of hydrogen-bond donors (Lipinski definition) is 1. The number of Topliss-reactive ketones (excluding diaryl/α,β-unsaturated/α-hetero) is 1. The third-order valence-corrected chi connectivity index (χ3v) is 5.08. The smallest absolute Gasteiger partial charge is 0.317 e. The van der Waals surface area contributed by atoms with Gasteiger partial charge in [0.15, 0.2) is 0 Å². The Morgan fingerprint density at radius 2 is 1.95 bits per heavy atom. The fourth-order valence-corrected chi connectivity index (χ4v) is 3.98. The highest BCUT2D eigenvalue weighted by molar-refractivity contribution is 5.82.